The highest BCUT2D eigenvalue weighted by atomic mass is 19.4. The van der Waals surface area contributed by atoms with Crippen LogP contribution >= 0.6 is 0 Å². The first-order chi connectivity index (χ1) is 9.41. The molecule has 0 bridgehead atoms. The van der Waals surface area contributed by atoms with Crippen LogP contribution in [0.2, 0.25) is 0 Å². The second-order valence-corrected chi connectivity index (χ2v) is 4.37. The summed E-state index contributed by atoms with van der Waals surface area (Å²) in [5.41, 5.74) is -1.25. The van der Waals surface area contributed by atoms with Crippen molar-refractivity contribution < 1.29 is 22.3 Å². The third-order valence-electron chi connectivity index (χ3n) is 2.84. The number of hydrogen-bond acceptors (Lipinski definition) is 2. The number of benzene rings is 1. The Balaban J connectivity index is 3.06. The third kappa shape index (κ3) is 4.45. The van der Waals surface area contributed by atoms with Gasteiger partial charge in [0.25, 0.3) is 0 Å². The number of halogens is 4. The predicted octanol–water partition coefficient (Wildman–Crippen LogP) is 3.92. The van der Waals surface area contributed by atoms with Gasteiger partial charge in [-0.2, -0.15) is 13.2 Å². The lowest BCUT2D eigenvalue weighted by molar-refractivity contribution is -0.140. The smallest absolute Gasteiger partial charge is 0.380 e. The number of ether oxygens (including phenoxy) is 1. The van der Waals surface area contributed by atoms with E-state index in [1.807, 2.05) is 6.92 Å². The fourth-order valence-corrected chi connectivity index (χ4v) is 1.85. The summed E-state index contributed by atoms with van der Waals surface area (Å²) >= 11 is 0. The average Bonchev–Trinajstić information content (AvgIpc) is 2.38. The van der Waals surface area contributed by atoms with Crippen molar-refractivity contribution in [3.05, 3.63) is 35.1 Å². The zero-order chi connectivity index (χ0) is 15.2. The van der Waals surface area contributed by atoms with E-state index in [4.69, 9.17) is 4.74 Å². The van der Waals surface area contributed by atoms with Gasteiger partial charge in [-0.15, -0.1) is 0 Å². The summed E-state index contributed by atoms with van der Waals surface area (Å²) in [6.07, 6.45) is -3.90. The molecule has 0 aliphatic heterocycles. The quantitative estimate of drug-likeness (QED) is 0.769. The molecule has 0 amide bonds. The van der Waals surface area contributed by atoms with Crippen LogP contribution in [0.25, 0.3) is 0 Å². The van der Waals surface area contributed by atoms with Crippen molar-refractivity contribution in [1.82, 2.24) is 5.32 Å². The Bertz CT molecular complexity index is 412. The predicted molar refractivity (Wildman–Crippen MR) is 68.9 cm³/mol. The Hall–Kier alpha value is -1.14. The van der Waals surface area contributed by atoms with Gasteiger partial charge in [-0.3, -0.25) is 0 Å². The fraction of sp³-hybridized carbons (Fsp3) is 0.571. The summed E-state index contributed by atoms with van der Waals surface area (Å²) in [5.74, 6) is -1.23. The fourth-order valence-electron chi connectivity index (χ4n) is 1.85. The van der Waals surface area contributed by atoms with E-state index in [1.165, 1.54) is 12.1 Å². The Kier molecular flexibility index (Phi) is 6.42. The Morgan fingerprint density at radius 3 is 2.50 bits per heavy atom. The van der Waals surface area contributed by atoms with Crippen LogP contribution < -0.4 is 5.32 Å². The van der Waals surface area contributed by atoms with E-state index in [1.54, 1.807) is 6.92 Å². The van der Waals surface area contributed by atoms with Crippen molar-refractivity contribution in [3.63, 3.8) is 0 Å². The van der Waals surface area contributed by atoms with Crippen LogP contribution in [0, 0.1) is 5.82 Å². The molecule has 20 heavy (non-hydrogen) atoms. The molecule has 1 N–H and O–H groups in total. The minimum absolute atomic E-state index is 0.0123. The summed E-state index contributed by atoms with van der Waals surface area (Å²) in [7, 11) is 0. The van der Waals surface area contributed by atoms with Crippen LogP contribution in [-0.2, 0) is 10.9 Å². The summed E-state index contributed by atoms with van der Waals surface area (Å²) < 4.78 is 57.4. The van der Waals surface area contributed by atoms with Crippen molar-refractivity contribution in [3.8, 4) is 0 Å². The minimum Gasteiger partial charge on any atom is -0.380 e. The van der Waals surface area contributed by atoms with E-state index >= 15 is 0 Å². The highest BCUT2D eigenvalue weighted by Gasteiger charge is 2.35. The van der Waals surface area contributed by atoms with Crippen molar-refractivity contribution in [2.75, 3.05) is 19.8 Å². The SMILES string of the molecule is CCCNC(COCC)c1cccc(C(F)(F)F)c1F. The number of alkyl halides is 3. The van der Waals surface area contributed by atoms with Crippen LogP contribution in [0.4, 0.5) is 17.6 Å². The number of nitrogens with one attached hydrogen (secondary N) is 1. The van der Waals surface area contributed by atoms with Crippen LogP contribution in [-0.4, -0.2) is 19.8 Å². The highest BCUT2D eigenvalue weighted by molar-refractivity contribution is 5.30. The van der Waals surface area contributed by atoms with E-state index in [0.717, 1.165) is 12.5 Å². The topological polar surface area (TPSA) is 21.3 Å². The van der Waals surface area contributed by atoms with E-state index in [0.29, 0.717) is 13.2 Å². The normalized spacial score (nSPS) is 13.5. The number of hydrogen-bond donors (Lipinski definition) is 1. The van der Waals surface area contributed by atoms with E-state index in [9.17, 15) is 17.6 Å². The first-order valence-corrected chi connectivity index (χ1v) is 6.58. The molecule has 0 fully saturated rings. The van der Waals surface area contributed by atoms with Crippen LogP contribution in [0.3, 0.4) is 0 Å². The molecule has 0 saturated carbocycles. The van der Waals surface area contributed by atoms with Crippen LogP contribution in [0.1, 0.15) is 37.4 Å². The van der Waals surface area contributed by atoms with Gasteiger partial charge in [-0.1, -0.05) is 19.1 Å². The first kappa shape index (κ1) is 16.9. The zero-order valence-electron chi connectivity index (χ0n) is 11.6. The molecule has 0 aliphatic carbocycles. The molecule has 0 radical (unpaired) electrons. The Labute approximate surface area is 116 Å². The highest BCUT2D eigenvalue weighted by Crippen LogP contribution is 2.33. The molecule has 1 atom stereocenters. The molecule has 1 aromatic carbocycles. The lowest BCUT2D eigenvalue weighted by atomic mass is 10.0. The van der Waals surface area contributed by atoms with Crippen molar-refractivity contribution in [1.29, 1.82) is 0 Å². The monoisotopic (exact) mass is 293 g/mol. The van der Waals surface area contributed by atoms with Gasteiger partial charge in [0, 0.05) is 12.2 Å². The second kappa shape index (κ2) is 7.59. The standard InChI is InChI=1S/C14H19F4NO/c1-3-8-19-12(9-20-4-2)10-6-5-7-11(13(10)15)14(16,17)18/h5-7,12,19H,3-4,8-9H2,1-2H3. The molecule has 0 aliphatic rings. The molecule has 0 spiro atoms. The maximum atomic E-state index is 14.1. The first-order valence-electron chi connectivity index (χ1n) is 6.58. The van der Waals surface area contributed by atoms with Gasteiger partial charge in [0.2, 0.25) is 0 Å². The summed E-state index contributed by atoms with van der Waals surface area (Å²) in [6.45, 7) is 4.83. The summed E-state index contributed by atoms with van der Waals surface area (Å²) in [5, 5.41) is 3.01. The Morgan fingerprint density at radius 1 is 1.25 bits per heavy atom. The average molecular weight is 293 g/mol. The van der Waals surface area contributed by atoms with Crippen molar-refractivity contribution >= 4 is 0 Å². The van der Waals surface area contributed by atoms with E-state index in [2.05, 4.69) is 5.32 Å². The van der Waals surface area contributed by atoms with E-state index < -0.39 is 23.6 Å². The maximum Gasteiger partial charge on any atom is 0.419 e. The maximum absolute atomic E-state index is 14.1. The van der Waals surface area contributed by atoms with Crippen LogP contribution in [0.15, 0.2) is 18.2 Å². The molecular formula is C14H19F4NO. The molecule has 1 rings (SSSR count). The summed E-state index contributed by atoms with van der Waals surface area (Å²) in [6, 6.07) is 2.73. The van der Waals surface area contributed by atoms with Gasteiger partial charge in [0.1, 0.15) is 5.82 Å². The molecule has 114 valence electrons. The minimum atomic E-state index is -4.69. The number of rotatable bonds is 7. The molecule has 2 nitrogen and oxygen atoms in total. The van der Waals surface area contributed by atoms with Gasteiger partial charge >= 0.3 is 6.18 Å². The lowest BCUT2D eigenvalue weighted by Gasteiger charge is -2.21. The largest absolute Gasteiger partial charge is 0.419 e. The van der Waals surface area contributed by atoms with E-state index in [-0.39, 0.29) is 12.2 Å². The van der Waals surface area contributed by atoms with Gasteiger partial charge in [-0.05, 0) is 26.0 Å². The Morgan fingerprint density at radius 2 is 1.95 bits per heavy atom. The van der Waals surface area contributed by atoms with Crippen molar-refractivity contribution in [2.45, 2.75) is 32.5 Å². The molecule has 1 unspecified atom stereocenters. The third-order valence-corrected chi connectivity index (χ3v) is 2.84. The zero-order valence-corrected chi connectivity index (χ0v) is 11.6. The van der Waals surface area contributed by atoms with Gasteiger partial charge in [0.15, 0.2) is 0 Å². The summed E-state index contributed by atoms with van der Waals surface area (Å²) in [4.78, 5) is 0. The van der Waals surface area contributed by atoms with Gasteiger partial charge in [0.05, 0.1) is 18.2 Å². The molecule has 1 aromatic rings. The second-order valence-electron chi connectivity index (χ2n) is 4.37. The van der Waals surface area contributed by atoms with Crippen molar-refractivity contribution in [2.24, 2.45) is 0 Å². The molecular weight excluding hydrogens is 274 g/mol. The molecule has 0 saturated heterocycles. The lowest BCUT2D eigenvalue weighted by Crippen LogP contribution is -2.28. The van der Waals surface area contributed by atoms with Gasteiger partial charge in [-0.25, -0.2) is 4.39 Å². The molecule has 0 aromatic heterocycles. The molecule has 6 heteroatoms. The van der Waals surface area contributed by atoms with Crippen LogP contribution in [0.5, 0.6) is 0 Å². The molecule has 0 heterocycles. The van der Waals surface area contributed by atoms with Gasteiger partial charge < -0.3 is 10.1 Å².